The number of aldehydes is 1. The van der Waals surface area contributed by atoms with Crippen LogP contribution in [-0.2, 0) is 0 Å². The van der Waals surface area contributed by atoms with Crippen molar-refractivity contribution in [2.24, 2.45) is 0 Å². The summed E-state index contributed by atoms with van der Waals surface area (Å²) in [5.74, 6) is 0.219. The van der Waals surface area contributed by atoms with Crippen molar-refractivity contribution in [3.8, 4) is 17.0 Å². The van der Waals surface area contributed by atoms with Gasteiger partial charge in [0.15, 0.2) is 6.29 Å². The molecule has 4 heteroatoms. The Morgan fingerprint density at radius 3 is 2.67 bits per heavy atom. The maximum atomic E-state index is 10.9. The van der Waals surface area contributed by atoms with E-state index in [2.05, 4.69) is 4.98 Å². The molecular weight excluding hydrogens is 228 g/mol. The number of phenolic OH excluding ortho intramolecular Hbond substituents is 1. The number of nitrogens with zero attached hydrogens (tertiary/aromatic N) is 2. The molecule has 1 N–H and O–H groups in total. The number of imidazole rings is 1. The van der Waals surface area contributed by atoms with E-state index in [0.29, 0.717) is 11.2 Å². The zero-order valence-electron chi connectivity index (χ0n) is 9.45. The smallest absolute Gasteiger partial charge is 0.153 e. The van der Waals surface area contributed by atoms with E-state index >= 15 is 0 Å². The van der Waals surface area contributed by atoms with Gasteiger partial charge in [0.25, 0.3) is 0 Å². The number of hydrogen-bond acceptors (Lipinski definition) is 3. The minimum atomic E-state index is 0.219. The molecule has 0 spiro atoms. The van der Waals surface area contributed by atoms with Gasteiger partial charge >= 0.3 is 0 Å². The third-order valence-electron chi connectivity index (χ3n) is 2.80. The highest BCUT2D eigenvalue weighted by atomic mass is 16.3. The highest BCUT2D eigenvalue weighted by molar-refractivity contribution is 5.85. The van der Waals surface area contributed by atoms with Crippen molar-refractivity contribution in [1.82, 2.24) is 9.38 Å². The normalized spacial score (nSPS) is 10.7. The Kier molecular flexibility index (Phi) is 2.34. The molecule has 0 aliphatic heterocycles. The van der Waals surface area contributed by atoms with E-state index in [1.54, 1.807) is 36.4 Å². The van der Waals surface area contributed by atoms with Crippen LogP contribution in [0, 0.1) is 0 Å². The van der Waals surface area contributed by atoms with Crippen LogP contribution >= 0.6 is 0 Å². The van der Waals surface area contributed by atoms with E-state index in [1.807, 2.05) is 16.8 Å². The lowest BCUT2D eigenvalue weighted by Gasteiger charge is -1.95. The van der Waals surface area contributed by atoms with Crippen molar-refractivity contribution in [2.75, 3.05) is 0 Å². The second kappa shape index (κ2) is 4.00. The summed E-state index contributed by atoms with van der Waals surface area (Å²) in [5.41, 5.74) is 2.86. The molecule has 18 heavy (non-hydrogen) atoms. The van der Waals surface area contributed by atoms with Crippen LogP contribution in [0.1, 0.15) is 10.4 Å². The Labute approximate surface area is 103 Å². The molecule has 0 amide bonds. The van der Waals surface area contributed by atoms with Crippen LogP contribution in [0.25, 0.3) is 16.9 Å². The first-order valence-corrected chi connectivity index (χ1v) is 5.50. The molecule has 3 rings (SSSR count). The lowest BCUT2D eigenvalue weighted by Crippen LogP contribution is -1.88. The molecule has 0 bridgehead atoms. The largest absolute Gasteiger partial charge is 0.508 e. The Hall–Kier alpha value is -2.62. The highest BCUT2D eigenvalue weighted by Crippen LogP contribution is 2.22. The maximum Gasteiger partial charge on any atom is 0.153 e. The van der Waals surface area contributed by atoms with E-state index < -0.39 is 0 Å². The molecular formula is C14H10N2O2. The van der Waals surface area contributed by atoms with Gasteiger partial charge in [0.1, 0.15) is 11.4 Å². The number of rotatable bonds is 2. The molecule has 0 fully saturated rings. The molecule has 0 aliphatic rings. The van der Waals surface area contributed by atoms with Gasteiger partial charge < -0.3 is 9.51 Å². The van der Waals surface area contributed by atoms with Crippen molar-refractivity contribution >= 4 is 11.9 Å². The minimum absolute atomic E-state index is 0.219. The molecule has 0 radical (unpaired) electrons. The second-order valence-corrected chi connectivity index (χ2v) is 3.99. The van der Waals surface area contributed by atoms with Gasteiger partial charge in [0, 0.05) is 18.0 Å². The standard InChI is InChI=1S/C14H10N2O2/c17-9-11-2-1-7-16-8-13(15-14(11)16)10-3-5-12(18)6-4-10/h1-9,18H. The number of pyridine rings is 1. The fourth-order valence-electron chi connectivity index (χ4n) is 1.90. The first-order chi connectivity index (χ1) is 8.78. The van der Waals surface area contributed by atoms with E-state index in [4.69, 9.17) is 0 Å². The Balaban J connectivity index is 2.19. The van der Waals surface area contributed by atoms with Crippen molar-refractivity contribution in [1.29, 1.82) is 0 Å². The SMILES string of the molecule is O=Cc1cccn2cc(-c3ccc(O)cc3)nc12. The predicted molar refractivity (Wildman–Crippen MR) is 67.7 cm³/mol. The Morgan fingerprint density at radius 2 is 1.94 bits per heavy atom. The minimum Gasteiger partial charge on any atom is -0.508 e. The number of carbonyl (C=O) groups excluding carboxylic acids is 1. The molecule has 0 atom stereocenters. The molecule has 88 valence electrons. The molecule has 2 aromatic heterocycles. The summed E-state index contributed by atoms with van der Waals surface area (Å²) < 4.78 is 1.81. The first kappa shape index (κ1) is 10.5. The van der Waals surface area contributed by atoms with Crippen LogP contribution in [0.4, 0.5) is 0 Å². The van der Waals surface area contributed by atoms with Crippen molar-refractivity contribution in [3.05, 3.63) is 54.4 Å². The Morgan fingerprint density at radius 1 is 1.17 bits per heavy atom. The second-order valence-electron chi connectivity index (χ2n) is 3.99. The molecule has 2 heterocycles. The summed E-state index contributed by atoms with van der Waals surface area (Å²) in [4.78, 5) is 15.4. The van der Waals surface area contributed by atoms with Gasteiger partial charge in [-0.1, -0.05) is 0 Å². The molecule has 0 saturated heterocycles. The van der Waals surface area contributed by atoms with Gasteiger partial charge in [-0.15, -0.1) is 0 Å². The van der Waals surface area contributed by atoms with Crippen LogP contribution in [-0.4, -0.2) is 20.8 Å². The van der Waals surface area contributed by atoms with Crippen LogP contribution in [0.15, 0.2) is 48.8 Å². The quantitative estimate of drug-likeness (QED) is 0.698. The van der Waals surface area contributed by atoms with E-state index in [1.165, 1.54) is 0 Å². The molecule has 0 aliphatic carbocycles. The lowest BCUT2D eigenvalue weighted by atomic mass is 10.2. The van der Waals surface area contributed by atoms with E-state index in [-0.39, 0.29) is 5.75 Å². The van der Waals surface area contributed by atoms with Crippen molar-refractivity contribution in [3.63, 3.8) is 0 Å². The third kappa shape index (κ3) is 1.64. The predicted octanol–water partition coefficient (Wildman–Crippen LogP) is 2.52. The van der Waals surface area contributed by atoms with Gasteiger partial charge in [-0.25, -0.2) is 4.98 Å². The number of aromatic hydroxyl groups is 1. The summed E-state index contributed by atoms with van der Waals surface area (Å²) in [5, 5.41) is 9.25. The van der Waals surface area contributed by atoms with Crippen molar-refractivity contribution < 1.29 is 9.90 Å². The van der Waals surface area contributed by atoms with Crippen molar-refractivity contribution in [2.45, 2.75) is 0 Å². The first-order valence-electron chi connectivity index (χ1n) is 5.50. The van der Waals surface area contributed by atoms with Gasteiger partial charge in [-0.05, 0) is 36.4 Å². The van der Waals surface area contributed by atoms with Crippen LogP contribution in [0.3, 0.4) is 0 Å². The van der Waals surface area contributed by atoms with Crippen LogP contribution in [0.5, 0.6) is 5.75 Å². The Bertz CT molecular complexity index is 714. The number of phenols is 1. The zero-order valence-corrected chi connectivity index (χ0v) is 9.45. The highest BCUT2D eigenvalue weighted by Gasteiger charge is 2.07. The molecule has 3 aromatic rings. The van der Waals surface area contributed by atoms with Gasteiger partial charge in [0.2, 0.25) is 0 Å². The molecule has 4 nitrogen and oxygen atoms in total. The van der Waals surface area contributed by atoms with Crippen LogP contribution < -0.4 is 0 Å². The third-order valence-corrected chi connectivity index (χ3v) is 2.80. The topological polar surface area (TPSA) is 54.6 Å². The van der Waals surface area contributed by atoms with Crippen LogP contribution in [0.2, 0.25) is 0 Å². The zero-order chi connectivity index (χ0) is 12.5. The monoisotopic (exact) mass is 238 g/mol. The summed E-state index contributed by atoms with van der Waals surface area (Å²) in [6.45, 7) is 0. The number of benzene rings is 1. The number of carbonyl (C=O) groups is 1. The average Bonchev–Trinajstić information content (AvgIpc) is 2.83. The summed E-state index contributed by atoms with van der Waals surface area (Å²) in [6, 6.07) is 10.3. The average molecular weight is 238 g/mol. The fraction of sp³-hybridized carbons (Fsp3) is 0. The number of hydrogen-bond donors (Lipinski definition) is 1. The van der Waals surface area contributed by atoms with E-state index in [0.717, 1.165) is 17.5 Å². The summed E-state index contributed by atoms with van der Waals surface area (Å²) in [7, 11) is 0. The lowest BCUT2D eigenvalue weighted by molar-refractivity contribution is 0.112. The summed E-state index contributed by atoms with van der Waals surface area (Å²) in [6.07, 6.45) is 4.50. The van der Waals surface area contributed by atoms with E-state index in [9.17, 15) is 9.90 Å². The molecule has 1 aromatic carbocycles. The van der Waals surface area contributed by atoms with Gasteiger partial charge in [-0.3, -0.25) is 4.79 Å². The van der Waals surface area contributed by atoms with Gasteiger partial charge in [-0.2, -0.15) is 0 Å². The molecule has 0 unspecified atom stereocenters. The maximum absolute atomic E-state index is 10.9. The number of fused-ring (bicyclic) bond motifs is 1. The summed E-state index contributed by atoms with van der Waals surface area (Å²) >= 11 is 0. The van der Waals surface area contributed by atoms with Gasteiger partial charge in [0.05, 0.1) is 11.3 Å². The number of aromatic nitrogens is 2. The molecule has 0 saturated carbocycles. The fourth-order valence-corrected chi connectivity index (χ4v) is 1.90.